The number of aromatic nitrogens is 2. The fourth-order valence-electron chi connectivity index (χ4n) is 2.88. The van der Waals surface area contributed by atoms with Gasteiger partial charge in [-0.2, -0.15) is 0 Å². The van der Waals surface area contributed by atoms with Gasteiger partial charge < -0.3 is 14.7 Å². The number of benzene rings is 1. The van der Waals surface area contributed by atoms with Crippen LogP contribution in [-0.2, 0) is 11.3 Å². The second kappa shape index (κ2) is 6.60. The maximum absolute atomic E-state index is 10.3. The first kappa shape index (κ1) is 15.8. The van der Waals surface area contributed by atoms with Crippen molar-refractivity contribution in [1.29, 1.82) is 0 Å². The highest BCUT2D eigenvalue weighted by molar-refractivity contribution is 7.71. The molecule has 1 aliphatic heterocycles. The van der Waals surface area contributed by atoms with Crippen molar-refractivity contribution in [3.05, 3.63) is 47.4 Å². The van der Waals surface area contributed by atoms with Gasteiger partial charge in [-0.05, 0) is 43.4 Å². The van der Waals surface area contributed by atoms with E-state index >= 15 is 0 Å². The minimum Gasteiger partial charge on any atom is -0.493 e. The second-order valence-corrected chi connectivity index (χ2v) is 5.91. The van der Waals surface area contributed by atoms with E-state index in [1.807, 2.05) is 23.6 Å². The molecule has 0 unspecified atom stereocenters. The lowest BCUT2D eigenvalue weighted by molar-refractivity contribution is 0.122. The summed E-state index contributed by atoms with van der Waals surface area (Å²) >= 11 is 5.50. The molecule has 0 saturated carbocycles. The molecular formula is C17H21N3O2S. The molecule has 1 aromatic heterocycles. The minimum atomic E-state index is 0.187. The van der Waals surface area contributed by atoms with Crippen molar-refractivity contribution in [2.24, 2.45) is 0 Å². The smallest absolute Gasteiger partial charge is 0.213 e. The zero-order chi connectivity index (χ0) is 16.4. The molecule has 1 fully saturated rings. The molecule has 0 bridgehead atoms. The first-order chi connectivity index (χ1) is 11.1. The first-order valence-corrected chi connectivity index (χ1v) is 8.09. The molecule has 2 aromatic rings. The van der Waals surface area contributed by atoms with E-state index in [0.29, 0.717) is 11.3 Å². The van der Waals surface area contributed by atoms with Gasteiger partial charge in [0.25, 0.3) is 0 Å². The van der Waals surface area contributed by atoms with Crippen LogP contribution < -0.4 is 4.90 Å². The summed E-state index contributed by atoms with van der Waals surface area (Å²) in [4.78, 5) is 2.31. The largest absolute Gasteiger partial charge is 0.493 e. The third kappa shape index (κ3) is 2.92. The zero-order valence-corrected chi connectivity index (χ0v) is 14.1. The standard InChI is InChI=1S/C17H21N3O2S/c1-3-8-19-16(21)13(2)20(17(19)23)15-6-4-14(5-7-15)18-9-11-22-12-10-18/h3-7,21H,1,8-12H2,2H3. The number of morpholine rings is 1. The Morgan fingerprint density at radius 2 is 1.83 bits per heavy atom. The predicted octanol–water partition coefficient (Wildman–Crippen LogP) is 3.04. The van der Waals surface area contributed by atoms with Crippen LogP contribution in [0.25, 0.3) is 5.69 Å². The predicted molar refractivity (Wildman–Crippen MR) is 94.2 cm³/mol. The number of hydrogen-bond acceptors (Lipinski definition) is 4. The van der Waals surface area contributed by atoms with Crippen molar-refractivity contribution < 1.29 is 9.84 Å². The molecule has 1 aromatic carbocycles. The van der Waals surface area contributed by atoms with Gasteiger partial charge in [-0.1, -0.05) is 6.08 Å². The van der Waals surface area contributed by atoms with Gasteiger partial charge in [0.15, 0.2) is 4.77 Å². The molecule has 0 spiro atoms. The van der Waals surface area contributed by atoms with Crippen LogP contribution >= 0.6 is 12.2 Å². The van der Waals surface area contributed by atoms with Gasteiger partial charge in [-0.15, -0.1) is 6.58 Å². The average molecular weight is 331 g/mol. The Balaban J connectivity index is 1.95. The Kier molecular flexibility index (Phi) is 4.54. The van der Waals surface area contributed by atoms with Gasteiger partial charge >= 0.3 is 0 Å². The Bertz CT molecular complexity index is 755. The first-order valence-electron chi connectivity index (χ1n) is 7.68. The molecule has 2 heterocycles. The minimum absolute atomic E-state index is 0.187. The van der Waals surface area contributed by atoms with Crippen LogP contribution in [-0.4, -0.2) is 40.5 Å². The van der Waals surface area contributed by atoms with Crippen LogP contribution in [0.15, 0.2) is 36.9 Å². The Morgan fingerprint density at radius 3 is 2.43 bits per heavy atom. The zero-order valence-electron chi connectivity index (χ0n) is 13.2. The quantitative estimate of drug-likeness (QED) is 0.691. The van der Waals surface area contributed by atoms with Crippen molar-refractivity contribution in [3.8, 4) is 11.6 Å². The van der Waals surface area contributed by atoms with Gasteiger partial charge in [0.2, 0.25) is 5.88 Å². The van der Waals surface area contributed by atoms with Crippen LogP contribution in [0.1, 0.15) is 5.69 Å². The SMILES string of the molecule is C=CCn1c(O)c(C)n(-c2ccc(N3CCOCC3)cc2)c1=S. The summed E-state index contributed by atoms with van der Waals surface area (Å²) in [5.74, 6) is 0.187. The van der Waals surface area contributed by atoms with Crippen LogP contribution in [0.2, 0.25) is 0 Å². The summed E-state index contributed by atoms with van der Waals surface area (Å²) in [6.45, 7) is 9.42. The Morgan fingerprint density at radius 1 is 1.22 bits per heavy atom. The van der Waals surface area contributed by atoms with Gasteiger partial charge in [0.05, 0.1) is 18.9 Å². The fraction of sp³-hybridized carbons (Fsp3) is 0.353. The molecule has 1 saturated heterocycles. The lowest BCUT2D eigenvalue weighted by atomic mass is 10.2. The normalized spacial score (nSPS) is 14.9. The molecule has 23 heavy (non-hydrogen) atoms. The Hall–Kier alpha value is -2.05. The van der Waals surface area contributed by atoms with E-state index in [1.165, 1.54) is 5.69 Å². The van der Waals surface area contributed by atoms with Crippen LogP contribution in [0.3, 0.4) is 0 Å². The molecule has 0 radical (unpaired) electrons. The van der Waals surface area contributed by atoms with Crippen molar-refractivity contribution >= 4 is 17.9 Å². The molecule has 122 valence electrons. The number of ether oxygens (including phenoxy) is 1. The maximum atomic E-state index is 10.3. The number of imidazole rings is 1. The van der Waals surface area contributed by atoms with E-state index in [2.05, 4.69) is 23.6 Å². The molecule has 3 rings (SSSR count). The average Bonchev–Trinajstić information content (AvgIpc) is 2.80. The summed E-state index contributed by atoms with van der Waals surface area (Å²) in [7, 11) is 0. The molecule has 0 atom stereocenters. The highest BCUT2D eigenvalue weighted by Crippen LogP contribution is 2.26. The van der Waals surface area contributed by atoms with Gasteiger partial charge in [-0.3, -0.25) is 9.13 Å². The highest BCUT2D eigenvalue weighted by Gasteiger charge is 2.15. The second-order valence-electron chi connectivity index (χ2n) is 5.54. The van der Waals surface area contributed by atoms with E-state index in [1.54, 1.807) is 10.6 Å². The molecule has 6 heteroatoms. The molecule has 1 N–H and O–H groups in total. The fourth-order valence-corrected chi connectivity index (χ4v) is 3.29. The van der Waals surface area contributed by atoms with Crippen molar-refractivity contribution in [1.82, 2.24) is 9.13 Å². The molecule has 0 amide bonds. The summed E-state index contributed by atoms with van der Waals surface area (Å²) in [6, 6.07) is 8.24. The number of allylic oxidation sites excluding steroid dienone is 1. The molecule has 0 aliphatic carbocycles. The number of aromatic hydroxyl groups is 1. The van der Waals surface area contributed by atoms with Gasteiger partial charge in [0, 0.05) is 31.0 Å². The third-order valence-electron chi connectivity index (χ3n) is 4.13. The van der Waals surface area contributed by atoms with Crippen LogP contribution in [0, 0.1) is 11.7 Å². The topological polar surface area (TPSA) is 42.6 Å². The third-order valence-corrected chi connectivity index (χ3v) is 4.54. The van der Waals surface area contributed by atoms with Crippen LogP contribution in [0.4, 0.5) is 5.69 Å². The number of rotatable bonds is 4. The van der Waals surface area contributed by atoms with E-state index < -0.39 is 0 Å². The van der Waals surface area contributed by atoms with E-state index in [-0.39, 0.29) is 5.88 Å². The summed E-state index contributed by atoms with van der Waals surface area (Å²) in [6.07, 6.45) is 1.72. The van der Waals surface area contributed by atoms with Gasteiger partial charge in [0.1, 0.15) is 0 Å². The number of nitrogens with zero attached hydrogens (tertiary/aromatic N) is 3. The monoisotopic (exact) mass is 331 g/mol. The highest BCUT2D eigenvalue weighted by atomic mass is 32.1. The number of hydrogen-bond donors (Lipinski definition) is 1. The summed E-state index contributed by atoms with van der Waals surface area (Å²) in [5, 5.41) is 10.3. The van der Waals surface area contributed by atoms with Crippen molar-refractivity contribution in [2.75, 3.05) is 31.2 Å². The summed E-state index contributed by atoms with van der Waals surface area (Å²) in [5.41, 5.74) is 2.86. The number of anilines is 1. The maximum Gasteiger partial charge on any atom is 0.213 e. The summed E-state index contributed by atoms with van der Waals surface area (Å²) < 4.78 is 9.52. The lowest BCUT2D eigenvalue weighted by Gasteiger charge is -2.29. The van der Waals surface area contributed by atoms with Crippen LogP contribution in [0.5, 0.6) is 5.88 Å². The molecular weight excluding hydrogens is 310 g/mol. The lowest BCUT2D eigenvalue weighted by Crippen LogP contribution is -2.36. The van der Waals surface area contributed by atoms with E-state index in [4.69, 9.17) is 17.0 Å². The van der Waals surface area contributed by atoms with E-state index in [0.717, 1.165) is 37.7 Å². The van der Waals surface area contributed by atoms with Crippen molar-refractivity contribution in [3.63, 3.8) is 0 Å². The van der Waals surface area contributed by atoms with E-state index in [9.17, 15) is 5.11 Å². The molecule has 5 nitrogen and oxygen atoms in total. The Labute approximate surface area is 141 Å². The van der Waals surface area contributed by atoms with Gasteiger partial charge in [-0.25, -0.2) is 0 Å². The van der Waals surface area contributed by atoms with Crippen molar-refractivity contribution in [2.45, 2.75) is 13.5 Å². The molecule has 1 aliphatic rings.